The van der Waals surface area contributed by atoms with Crippen LogP contribution in [0, 0.1) is 0 Å². The molecule has 1 atom stereocenters. The molecule has 30 heavy (non-hydrogen) atoms. The Morgan fingerprint density at radius 3 is 1.90 bits per heavy atom. The van der Waals surface area contributed by atoms with Crippen molar-refractivity contribution in [3.05, 3.63) is 41.5 Å². The van der Waals surface area contributed by atoms with Crippen molar-refractivity contribution in [1.29, 1.82) is 0 Å². The molecule has 1 heterocycles. The molecule has 8 nitrogen and oxygen atoms in total. The average molecular weight is 421 g/mol. The van der Waals surface area contributed by atoms with E-state index in [4.69, 9.17) is 23.7 Å². The normalized spacial score (nSPS) is 14.2. The lowest BCUT2D eigenvalue weighted by Crippen LogP contribution is -2.30. The maximum atomic E-state index is 10.5. The number of aliphatic hydroxyl groups is 1. The molecule has 1 saturated heterocycles. The van der Waals surface area contributed by atoms with Crippen LogP contribution in [0.25, 0.3) is 0 Å². The number of aromatic hydroxyl groups is 1. The van der Waals surface area contributed by atoms with Crippen LogP contribution in [0.5, 0.6) is 28.7 Å². The van der Waals surface area contributed by atoms with E-state index in [0.29, 0.717) is 35.0 Å². The first-order valence-electron chi connectivity index (χ1n) is 9.66. The van der Waals surface area contributed by atoms with Gasteiger partial charge in [0.1, 0.15) is 0 Å². The van der Waals surface area contributed by atoms with E-state index in [-0.39, 0.29) is 5.75 Å². The molecular weight excluding hydrogens is 390 g/mol. The van der Waals surface area contributed by atoms with Crippen molar-refractivity contribution < 1.29 is 33.9 Å². The van der Waals surface area contributed by atoms with Crippen molar-refractivity contribution in [2.75, 3.05) is 54.7 Å². The fourth-order valence-electron chi connectivity index (χ4n) is 3.01. The summed E-state index contributed by atoms with van der Waals surface area (Å²) >= 11 is 0. The lowest BCUT2D eigenvalue weighted by atomic mass is 10.00. The Labute approximate surface area is 177 Å². The molecule has 3 rings (SSSR count). The predicted molar refractivity (Wildman–Crippen MR) is 113 cm³/mol. The summed E-state index contributed by atoms with van der Waals surface area (Å²) in [5.41, 5.74) is 1.40. The Balaban J connectivity index is 0.000000456. The minimum absolute atomic E-state index is 0.0343. The van der Waals surface area contributed by atoms with Crippen molar-refractivity contribution in [1.82, 2.24) is 5.32 Å². The van der Waals surface area contributed by atoms with Gasteiger partial charge in [0, 0.05) is 19.5 Å². The van der Waals surface area contributed by atoms with Gasteiger partial charge in [-0.1, -0.05) is 6.07 Å². The minimum atomic E-state index is -0.800. The second-order valence-corrected chi connectivity index (χ2v) is 6.55. The summed E-state index contributed by atoms with van der Waals surface area (Å²) < 4.78 is 25.9. The summed E-state index contributed by atoms with van der Waals surface area (Å²) in [4.78, 5) is 0. The van der Waals surface area contributed by atoms with Gasteiger partial charge in [-0.2, -0.15) is 0 Å². The van der Waals surface area contributed by atoms with Gasteiger partial charge in [0.25, 0.3) is 0 Å². The quantitative estimate of drug-likeness (QED) is 0.627. The molecule has 0 bridgehead atoms. The number of phenols is 1. The molecule has 1 aliphatic heterocycles. The van der Waals surface area contributed by atoms with Gasteiger partial charge in [-0.05, 0) is 35.4 Å². The van der Waals surface area contributed by atoms with E-state index in [2.05, 4.69) is 5.32 Å². The van der Waals surface area contributed by atoms with Crippen LogP contribution in [-0.2, 0) is 11.2 Å². The highest BCUT2D eigenvalue weighted by Gasteiger charge is 2.18. The largest absolute Gasteiger partial charge is 0.504 e. The lowest BCUT2D eigenvalue weighted by Gasteiger charge is -2.17. The number of benzene rings is 2. The van der Waals surface area contributed by atoms with Crippen LogP contribution in [0.3, 0.4) is 0 Å². The SMILES string of the molecule is C1COCCN1.COc1ccc(C[C@@H](O)c2cc(OC)c(OC)c(OC)c2)cc1O. The first-order valence-corrected chi connectivity index (χ1v) is 9.66. The number of phenolic OH excluding ortho intramolecular Hbond substituents is 1. The van der Waals surface area contributed by atoms with Gasteiger partial charge in [0.15, 0.2) is 23.0 Å². The van der Waals surface area contributed by atoms with Crippen molar-refractivity contribution in [3.8, 4) is 28.7 Å². The van der Waals surface area contributed by atoms with E-state index in [0.717, 1.165) is 31.9 Å². The third kappa shape index (κ3) is 6.41. The molecule has 3 N–H and O–H groups in total. The topological polar surface area (TPSA) is 98.6 Å². The molecule has 8 heteroatoms. The highest BCUT2D eigenvalue weighted by molar-refractivity contribution is 5.54. The first kappa shape index (κ1) is 23.6. The van der Waals surface area contributed by atoms with Gasteiger partial charge >= 0.3 is 0 Å². The molecule has 0 unspecified atom stereocenters. The maximum absolute atomic E-state index is 10.5. The zero-order chi connectivity index (χ0) is 21.9. The van der Waals surface area contributed by atoms with Crippen LogP contribution in [0.1, 0.15) is 17.2 Å². The van der Waals surface area contributed by atoms with E-state index in [9.17, 15) is 10.2 Å². The summed E-state index contributed by atoms with van der Waals surface area (Å²) in [5.74, 6) is 1.85. The second kappa shape index (κ2) is 12.1. The molecule has 166 valence electrons. The summed E-state index contributed by atoms with van der Waals surface area (Å²) in [6, 6.07) is 8.43. The Morgan fingerprint density at radius 1 is 0.900 bits per heavy atom. The monoisotopic (exact) mass is 421 g/mol. The molecule has 0 amide bonds. The molecule has 1 fully saturated rings. The second-order valence-electron chi connectivity index (χ2n) is 6.55. The average Bonchev–Trinajstić information content (AvgIpc) is 2.79. The molecule has 2 aromatic carbocycles. The summed E-state index contributed by atoms with van der Waals surface area (Å²) in [6.45, 7) is 3.83. The zero-order valence-corrected chi connectivity index (χ0v) is 17.9. The fourth-order valence-corrected chi connectivity index (χ4v) is 3.01. The highest BCUT2D eigenvalue weighted by Crippen LogP contribution is 2.40. The maximum Gasteiger partial charge on any atom is 0.203 e. The standard InChI is InChI=1S/C18H22O6.C4H9NO/c1-21-15-6-5-11(8-14(15)20)7-13(19)12-9-16(22-2)18(24-4)17(10-12)23-3;1-3-6-4-2-5-1/h5-6,8-10,13,19-20H,7H2,1-4H3;5H,1-4H2/t13-;/m1./s1. The van der Waals surface area contributed by atoms with Crippen LogP contribution in [0.2, 0.25) is 0 Å². The third-order valence-corrected chi connectivity index (χ3v) is 4.59. The Kier molecular flexibility index (Phi) is 9.53. The minimum Gasteiger partial charge on any atom is -0.504 e. The van der Waals surface area contributed by atoms with Gasteiger partial charge in [-0.15, -0.1) is 0 Å². The number of aliphatic hydroxyl groups excluding tert-OH is 1. The fraction of sp³-hybridized carbons (Fsp3) is 0.455. The van der Waals surface area contributed by atoms with Gasteiger partial charge < -0.3 is 39.2 Å². The van der Waals surface area contributed by atoms with Gasteiger partial charge in [-0.3, -0.25) is 0 Å². The van der Waals surface area contributed by atoms with E-state index >= 15 is 0 Å². The highest BCUT2D eigenvalue weighted by atomic mass is 16.5. The van der Waals surface area contributed by atoms with E-state index < -0.39 is 6.10 Å². The number of morpholine rings is 1. The molecule has 0 aliphatic carbocycles. The van der Waals surface area contributed by atoms with Crippen LogP contribution >= 0.6 is 0 Å². The van der Waals surface area contributed by atoms with Crippen LogP contribution in [0.15, 0.2) is 30.3 Å². The van der Waals surface area contributed by atoms with Crippen LogP contribution < -0.4 is 24.3 Å². The van der Waals surface area contributed by atoms with E-state index in [1.807, 2.05) is 0 Å². The van der Waals surface area contributed by atoms with Crippen LogP contribution in [-0.4, -0.2) is 65.0 Å². The predicted octanol–water partition coefficient (Wildman–Crippen LogP) is 2.31. The Bertz CT molecular complexity index is 757. The molecular formula is C22H31NO7. The summed E-state index contributed by atoms with van der Waals surface area (Å²) in [7, 11) is 6.06. The molecule has 0 saturated carbocycles. The Morgan fingerprint density at radius 2 is 1.50 bits per heavy atom. The van der Waals surface area contributed by atoms with Crippen molar-refractivity contribution >= 4 is 0 Å². The molecule has 0 spiro atoms. The molecule has 1 aliphatic rings. The van der Waals surface area contributed by atoms with E-state index in [1.54, 1.807) is 30.3 Å². The van der Waals surface area contributed by atoms with Crippen molar-refractivity contribution in [2.24, 2.45) is 0 Å². The van der Waals surface area contributed by atoms with Crippen molar-refractivity contribution in [3.63, 3.8) is 0 Å². The van der Waals surface area contributed by atoms with Crippen molar-refractivity contribution in [2.45, 2.75) is 12.5 Å². The number of ether oxygens (including phenoxy) is 5. The lowest BCUT2D eigenvalue weighted by molar-refractivity contribution is 0.109. The smallest absolute Gasteiger partial charge is 0.203 e. The van der Waals surface area contributed by atoms with Gasteiger partial charge in [-0.25, -0.2) is 0 Å². The molecule has 0 aromatic heterocycles. The molecule has 2 aromatic rings. The first-order chi connectivity index (χ1) is 14.5. The molecule has 0 radical (unpaired) electrons. The van der Waals surface area contributed by atoms with E-state index in [1.165, 1.54) is 28.4 Å². The number of hydrogen-bond donors (Lipinski definition) is 3. The van der Waals surface area contributed by atoms with Crippen LogP contribution in [0.4, 0.5) is 0 Å². The third-order valence-electron chi connectivity index (χ3n) is 4.59. The summed E-state index contributed by atoms with van der Waals surface area (Å²) in [5, 5.41) is 23.5. The Hall–Kier alpha value is -2.68. The van der Waals surface area contributed by atoms with Gasteiger partial charge in [0.05, 0.1) is 47.8 Å². The van der Waals surface area contributed by atoms with Gasteiger partial charge in [0.2, 0.25) is 5.75 Å². The number of nitrogens with one attached hydrogen (secondary N) is 1. The number of methoxy groups -OCH3 is 4. The summed E-state index contributed by atoms with van der Waals surface area (Å²) in [6.07, 6.45) is -0.484. The number of rotatable bonds is 7. The zero-order valence-electron chi connectivity index (χ0n) is 17.9. The number of hydrogen-bond acceptors (Lipinski definition) is 8.